The average molecular weight is 781 g/mol. The Morgan fingerprint density at radius 3 is 1.36 bits per heavy atom. The molecule has 12 rings (SSSR count). The van der Waals surface area contributed by atoms with Crippen LogP contribution in [0.5, 0.6) is 0 Å². The Morgan fingerprint density at radius 2 is 0.705 bits per heavy atom. The summed E-state index contributed by atoms with van der Waals surface area (Å²) in [5.41, 5.74) is 22.9. The van der Waals surface area contributed by atoms with E-state index in [1.807, 2.05) is 6.07 Å². The maximum atomic E-state index is 5.21. The van der Waals surface area contributed by atoms with Gasteiger partial charge in [0, 0.05) is 27.5 Å². The van der Waals surface area contributed by atoms with Gasteiger partial charge in [-0.05, 0) is 96.1 Å². The summed E-state index contributed by atoms with van der Waals surface area (Å²) < 4.78 is 0. The van der Waals surface area contributed by atoms with E-state index in [2.05, 4.69) is 216 Å². The third kappa shape index (κ3) is 5.03. The van der Waals surface area contributed by atoms with E-state index >= 15 is 0 Å². The van der Waals surface area contributed by atoms with Crippen LogP contribution < -0.4 is 0 Å². The monoisotopic (exact) mass is 780 g/mol. The Labute approximate surface area is 358 Å². The second kappa shape index (κ2) is 12.9. The lowest BCUT2D eigenvalue weighted by atomic mass is 9.55. The molecule has 0 saturated carbocycles. The summed E-state index contributed by atoms with van der Waals surface area (Å²) in [7, 11) is 0. The van der Waals surface area contributed by atoms with Crippen LogP contribution in [0.2, 0.25) is 0 Å². The minimum absolute atomic E-state index is 0.101. The maximum absolute atomic E-state index is 5.21. The largest absolute Gasteiger partial charge is 0.228 e. The minimum atomic E-state index is -0.425. The van der Waals surface area contributed by atoms with Gasteiger partial charge in [0.2, 0.25) is 0 Å². The summed E-state index contributed by atoms with van der Waals surface area (Å²) in [6.45, 7) is 9.42. The van der Waals surface area contributed by atoms with Crippen LogP contribution in [0.15, 0.2) is 194 Å². The van der Waals surface area contributed by atoms with E-state index in [1.54, 1.807) is 0 Å². The van der Waals surface area contributed by atoms with E-state index in [-0.39, 0.29) is 10.8 Å². The standard InChI is InChI=1S/C59H44N2/c1-57(2)46-20-10-8-18-42(46)44-33-31-41(35-52(44)57)55-36-54(60-56(61-55)39-16-6-5-7-17-39)38-28-26-37(27-29-38)40-30-32-45-43-19-9-11-21-47(43)59(53(45)34-40)50-24-14-12-22-48(50)58(3,4)49-23-13-15-25-51(49)59/h5-36H,1-4H3. The lowest BCUT2D eigenvalue weighted by Crippen LogP contribution is -2.40. The Kier molecular flexibility index (Phi) is 7.57. The van der Waals surface area contributed by atoms with Crippen molar-refractivity contribution in [2.24, 2.45) is 0 Å². The molecule has 0 amide bonds. The van der Waals surface area contributed by atoms with Crippen molar-refractivity contribution in [2.45, 2.75) is 43.9 Å². The molecule has 1 heterocycles. The van der Waals surface area contributed by atoms with Crippen molar-refractivity contribution in [1.82, 2.24) is 9.97 Å². The van der Waals surface area contributed by atoms with E-state index in [0.29, 0.717) is 0 Å². The first-order valence-electron chi connectivity index (χ1n) is 21.5. The first-order chi connectivity index (χ1) is 29.7. The number of aromatic nitrogens is 2. The van der Waals surface area contributed by atoms with Crippen molar-refractivity contribution in [3.63, 3.8) is 0 Å². The first kappa shape index (κ1) is 35.8. The van der Waals surface area contributed by atoms with Crippen molar-refractivity contribution in [3.05, 3.63) is 239 Å². The SMILES string of the molecule is CC1(C)c2ccccc2-c2ccc(-c3cc(-c4ccc(-c5ccc6c(c5)C5(c7ccccc7-6)c6ccccc6C(C)(C)c6ccccc65)cc4)nc(-c4ccccc4)n3)cc21. The molecule has 1 aromatic heterocycles. The second-order valence-corrected chi connectivity index (χ2v) is 18.1. The number of hydrogen-bond donors (Lipinski definition) is 0. The summed E-state index contributed by atoms with van der Waals surface area (Å²) in [4.78, 5) is 10.4. The maximum Gasteiger partial charge on any atom is 0.160 e. The van der Waals surface area contributed by atoms with Crippen molar-refractivity contribution < 1.29 is 0 Å². The van der Waals surface area contributed by atoms with Gasteiger partial charge in [-0.15, -0.1) is 0 Å². The Balaban J connectivity index is 0.979. The highest BCUT2D eigenvalue weighted by Gasteiger charge is 2.53. The van der Waals surface area contributed by atoms with Gasteiger partial charge >= 0.3 is 0 Å². The lowest BCUT2D eigenvalue weighted by molar-refractivity contribution is 0.563. The fourth-order valence-electron chi connectivity index (χ4n) is 11.2. The van der Waals surface area contributed by atoms with E-state index in [9.17, 15) is 0 Å². The predicted octanol–water partition coefficient (Wildman–Crippen LogP) is 14.5. The van der Waals surface area contributed by atoms with Crippen LogP contribution in [-0.2, 0) is 16.2 Å². The van der Waals surface area contributed by atoms with Gasteiger partial charge in [-0.3, -0.25) is 0 Å². The molecule has 8 aromatic carbocycles. The molecule has 0 radical (unpaired) electrons. The topological polar surface area (TPSA) is 25.8 Å². The van der Waals surface area contributed by atoms with E-state index in [4.69, 9.17) is 9.97 Å². The summed E-state index contributed by atoms with van der Waals surface area (Å²) in [5.74, 6) is 0.722. The normalized spacial score (nSPS) is 15.3. The third-order valence-electron chi connectivity index (χ3n) is 14.2. The van der Waals surface area contributed by atoms with Crippen LogP contribution >= 0.6 is 0 Å². The number of benzene rings is 8. The minimum Gasteiger partial charge on any atom is -0.228 e. The van der Waals surface area contributed by atoms with Gasteiger partial charge in [-0.2, -0.15) is 0 Å². The number of nitrogens with zero attached hydrogens (tertiary/aromatic N) is 2. The van der Waals surface area contributed by atoms with Crippen molar-refractivity contribution >= 4 is 0 Å². The summed E-state index contributed by atoms with van der Waals surface area (Å²) in [6, 6.07) is 71.6. The van der Waals surface area contributed by atoms with Crippen LogP contribution in [0.1, 0.15) is 72.2 Å². The molecule has 61 heavy (non-hydrogen) atoms. The molecule has 2 heteroatoms. The Bertz CT molecular complexity index is 3190. The lowest BCUT2D eigenvalue weighted by Gasteiger charge is -2.46. The van der Waals surface area contributed by atoms with Gasteiger partial charge in [0.25, 0.3) is 0 Å². The molecule has 1 spiro atoms. The quantitative estimate of drug-likeness (QED) is 0.178. The van der Waals surface area contributed by atoms with Crippen LogP contribution in [0, 0.1) is 0 Å². The molecule has 0 aliphatic heterocycles. The van der Waals surface area contributed by atoms with Crippen LogP contribution in [0.3, 0.4) is 0 Å². The Morgan fingerprint density at radius 1 is 0.279 bits per heavy atom. The van der Waals surface area contributed by atoms with Crippen molar-refractivity contribution in [1.29, 1.82) is 0 Å². The van der Waals surface area contributed by atoms with Gasteiger partial charge in [-0.1, -0.05) is 204 Å². The molecule has 2 nitrogen and oxygen atoms in total. The summed E-state index contributed by atoms with van der Waals surface area (Å²) in [6.07, 6.45) is 0. The molecule has 9 aromatic rings. The number of rotatable bonds is 4. The molecule has 0 bridgehead atoms. The van der Waals surface area contributed by atoms with Gasteiger partial charge in [0.1, 0.15) is 0 Å². The van der Waals surface area contributed by atoms with E-state index in [1.165, 1.54) is 77.9 Å². The first-order valence-corrected chi connectivity index (χ1v) is 21.5. The fraction of sp³-hybridized carbons (Fsp3) is 0.119. The summed E-state index contributed by atoms with van der Waals surface area (Å²) in [5, 5.41) is 0. The van der Waals surface area contributed by atoms with Crippen LogP contribution in [0.4, 0.5) is 0 Å². The predicted molar refractivity (Wildman–Crippen MR) is 251 cm³/mol. The molecule has 0 unspecified atom stereocenters. The second-order valence-electron chi connectivity index (χ2n) is 18.1. The van der Waals surface area contributed by atoms with Gasteiger partial charge in [0.15, 0.2) is 5.82 Å². The molecule has 0 fully saturated rings. The number of hydrogen-bond acceptors (Lipinski definition) is 2. The highest BCUT2D eigenvalue weighted by atomic mass is 14.9. The third-order valence-corrected chi connectivity index (χ3v) is 14.2. The van der Waals surface area contributed by atoms with Gasteiger partial charge < -0.3 is 0 Å². The molecular formula is C59H44N2. The molecule has 290 valence electrons. The van der Waals surface area contributed by atoms with Gasteiger partial charge in [0.05, 0.1) is 16.8 Å². The molecular weight excluding hydrogens is 737 g/mol. The zero-order valence-corrected chi connectivity index (χ0v) is 34.9. The fourth-order valence-corrected chi connectivity index (χ4v) is 11.2. The van der Waals surface area contributed by atoms with E-state index < -0.39 is 5.41 Å². The highest BCUT2D eigenvalue weighted by Crippen LogP contribution is 2.62. The Hall–Kier alpha value is -7.16. The molecule has 3 aliphatic carbocycles. The summed E-state index contributed by atoms with van der Waals surface area (Å²) >= 11 is 0. The van der Waals surface area contributed by atoms with Gasteiger partial charge in [-0.25, -0.2) is 9.97 Å². The van der Waals surface area contributed by atoms with Crippen LogP contribution in [-0.4, -0.2) is 9.97 Å². The number of fused-ring (bicyclic) bond motifs is 12. The zero-order chi connectivity index (χ0) is 41.1. The smallest absolute Gasteiger partial charge is 0.160 e. The molecule has 0 atom stereocenters. The zero-order valence-electron chi connectivity index (χ0n) is 34.9. The average Bonchev–Trinajstić information content (AvgIpc) is 3.73. The highest BCUT2D eigenvalue weighted by molar-refractivity contribution is 5.90. The molecule has 0 N–H and O–H groups in total. The van der Waals surface area contributed by atoms with Crippen molar-refractivity contribution in [3.8, 4) is 67.3 Å². The molecule has 0 saturated heterocycles. The van der Waals surface area contributed by atoms with E-state index in [0.717, 1.165) is 33.9 Å². The molecule has 3 aliphatic rings. The van der Waals surface area contributed by atoms with Crippen LogP contribution in [0.25, 0.3) is 67.3 Å². The van der Waals surface area contributed by atoms with Crippen molar-refractivity contribution in [2.75, 3.05) is 0 Å².